The van der Waals surface area contributed by atoms with E-state index < -0.39 is 0 Å². The number of nitrogens with two attached hydrogens (primary N) is 1. The summed E-state index contributed by atoms with van der Waals surface area (Å²) >= 11 is 0. The minimum Gasteiger partial charge on any atom is -0.497 e. The predicted molar refractivity (Wildman–Crippen MR) is 115 cm³/mol. The van der Waals surface area contributed by atoms with Gasteiger partial charge in [0, 0.05) is 23.4 Å². The summed E-state index contributed by atoms with van der Waals surface area (Å²) < 4.78 is 29.1. The Morgan fingerprint density at radius 3 is 2.47 bits per heavy atom. The number of oxime groups is 1. The summed E-state index contributed by atoms with van der Waals surface area (Å²) in [5.41, 5.74) is 7.88. The normalized spacial score (nSPS) is 11.2. The number of aromatic nitrogens is 2. The molecule has 2 aromatic carbocycles. The molecule has 4 aromatic rings. The summed E-state index contributed by atoms with van der Waals surface area (Å²) in [6, 6.07) is 16.3. The van der Waals surface area contributed by atoms with E-state index in [2.05, 4.69) is 15.1 Å². The van der Waals surface area contributed by atoms with Gasteiger partial charge in [0.15, 0.2) is 12.4 Å². The third-order valence-electron chi connectivity index (χ3n) is 4.33. The average Bonchev–Trinajstić information content (AvgIpc) is 3.30. The smallest absolute Gasteiger partial charge is 0.226 e. The van der Waals surface area contributed by atoms with Crippen molar-refractivity contribution < 1.29 is 23.1 Å². The van der Waals surface area contributed by atoms with E-state index in [9.17, 15) is 4.39 Å². The van der Waals surface area contributed by atoms with Crippen LogP contribution in [0.4, 0.5) is 4.39 Å². The van der Waals surface area contributed by atoms with Crippen molar-refractivity contribution >= 4 is 5.84 Å². The van der Waals surface area contributed by atoms with Gasteiger partial charge >= 0.3 is 0 Å². The van der Waals surface area contributed by atoms with E-state index in [4.69, 9.17) is 24.5 Å². The fraction of sp³-hybridized carbons (Fsp3) is 0.0870. The second kappa shape index (κ2) is 9.61. The highest BCUT2D eigenvalue weighted by Gasteiger charge is 2.08. The van der Waals surface area contributed by atoms with Crippen LogP contribution in [0.3, 0.4) is 0 Å². The first-order valence-corrected chi connectivity index (χ1v) is 9.55. The summed E-state index contributed by atoms with van der Waals surface area (Å²) in [5.74, 6) is 1.82. The number of oxazole rings is 1. The van der Waals surface area contributed by atoms with Crippen LogP contribution in [0, 0.1) is 5.82 Å². The Bertz CT molecular complexity index is 1190. The zero-order chi connectivity index (χ0) is 22.3. The van der Waals surface area contributed by atoms with Gasteiger partial charge in [-0.2, -0.15) is 0 Å². The standard InChI is InChI=1S/C23H19FN4O4/c1-29-19-7-2-15(3-8-19)23-27-18(13-30-23)14-31-28-22(25)16-4-11-21(26-12-16)32-20-9-5-17(24)6-10-20/h2-13H,14H2,1H3,(H2,25,28). The predicted octanol–water partition coefficient (Wildman–Crippen LogP) is 4.51. The van der Waals surface area contributed by atoms with Crippen molar-refractivity contribution in [3.8, 4) is 28.8 Å². The molecule has 32 heavy (non-hydrogen) atoms. The number of nitrogens with zero attached hydrogens (tertiary/aromatic N) is 3. The van der Waals surface area contributed by atoms with Gasteiger partial charge in [0.1, 0.15) is 29.3 Å². The van der Waals surface area contributed by atoms with E-state index >= 15 is 0 Å². The van der Waals surface area contributed by atoms with Crippen molar-refractivity contribution in [2.24, 2.45) is 10.9 Å². The molecule has 2 aromatic heterocycles. The van der Waals surface area contributed by atoms with Crippen LogP contribution in [0.1, 0.15) is 11.3 Å². The monoisotopic (exact) mass is 434 g/mol. The molecular weight excluding hydrogens is 415 g/mol. The number of benzene rings is 2. The minimum absolute atomic E-state index is 0.0829. The largest absolute Gasteiger partial charge is 0.497 e. The topological polar surface area (TPSA) is 105 Å². The Labute approximate surface area is 183 Å². The second-order valence-electron chi connectivity index (χ2n) is 6.56. The van der Waals surface area contributed by atoms with Crippen molar-refractivity contribution in [2.45, 2.75) is 6.61 Å². The van der Waals surface area contributed by atoms with E-state index in [-0.39, 0.29) is 18.3 Å². The van der Waals surface area contributed by atoms with Crippen LogP contribution < -0.4 is 15.2 Å². The molecule has 0 spiro atoms. The maximum atomic E-state index is 13.0. The van der Waals surface area contributed by atoms with Gasteiger partial charge in [-0.05, 0) is 54.6 Å². The van der Waals surface area contributed by atoms with E-state index in [1.165, 1.54) is 36.7 Å². The van der Waals surface area contributed by atoms with E-state index in [1.54, 1.807) is 19.2 Å². The van der Waals surface area contributed by atoms with E-state index in [1.807, 2.05) is 24.3 Å². The molecule has 4 rings (SSSR count). The number of rotatable bonds is 8. The van der Waals surface area contributed by atoms with Gasteiger partial charge in [-0.15, -0.1) is 0 Å². The number of hydrogen-bond donors (Lipinski definition) is 1. The molecule has 2 heterocycles. The third-order valence-corrected chi connectivity index (χ3v) is 4.33. The first-order valence-electron chi connectivity index (χ1n) is 9.55. The van der Waals surface area contributed by atoms with Crippen molar-refractivity contribution in [3.05, 3.63) is 90.2 Å². The molecule has 162 valence electrons. The first kappa shape index (κ1) is 20.9. The summed E-state index contributed by atoms with van der Waals surface area (Å²) in [7, 11) is 1.61. The summed E-state index contributed by atoms with van der Waals surface area (Å²) in [6.07, 6.45) is 2.99. The molecule has 0 bridgehead atoms. The lowest BCUT2D eigenvalue weighted by atomic mass is 10.2. The summed E-state index contributed by atoms with van der Waals surface area (Å²) in [6.45, 7) is 0.0829. The highest BCUT2D eigenvalue weighted by molar-refractivity contribution is 5.96. The molecule has 0 aliphatic heterocycles. The number of hydrogen-bond acceptors (Lipinski definition) is 7. The van der Waals surface area contributed by atoms with Crippen LogP contribution in [0.2, 0.25) is 0 Å². The van der Waals surface area contributed by atoms with Crippen molar-refractivity contribution in [3.63, 3.8) is 0 Å². The second-order valence-corrected chi connectivity index (χ2v) is 6.56. The van der Waals surface area contributed by atoms with Crippen LogP contribution in [0.25, 0.3) is 11.5 Å². The van der Waals surface area contributed by atoms with E-state index in [0.717, 1.165) is 11.3 Å². The highest BCUT2D eigenvalue weighted by Crippen LogP contribution is 2.22. The van der Waals surface area contributed by atoms with Crippen LogP contribution in [0.15, 0.2) is 82.7 Å². The SMILES string of the molecule is COc1ccc(-c2nc(CO/N=C(\N)c3ccc(Oc4ccc(F)cc4)nc3)co2)cc1. The van der Waals surface area contributed by atoms with Gasteiger partial charge in [0.2, 0.25) is 11.8 Å². The van der Waals surface area contributed by atoms with Crippen LogP contribution >= 0.6 is 0 Å². The fourth-order valence-corrected chi connectivity index (χ4v) is 2.68. The Hall–Kier alpha value is -4.40. The summed E-state index contributed by atoms with van der Waals surface area (Å²) in [5, 5.41) is 3.89. The van der Waals surface area contributed by atoms with Crippen molar-refractivity contribution in [1.29, 1.82) is 0 Å². The Kier molecular flexibility index (Phi) is 6.26. The lowest BCUT2D eigenvalue weighted by Gasteiger charge is -2.05. The average molecular weight is 434 g/mol. The van der Waals surface area contributed by atoms with Crippen LogP contribution in [-0.4, -0.2) is 22.9 Å². The van der Waals surface area contributed by atoms with Gasteiger partial charge in [0.05, 0.1) is 7.11 Å². The number of halogens is 1. The van der Waals surface area contributed by atoms with Crippen molar-refractivity contribution in [1.82, 2.24) is 9.97 Å². The Morgan fingerprint density at radius 2 is 1.78 bits per heavy atom. The fourth-order valence-electron chi connectivity index (χ4n) is 2.68. The maximum absolute atomic E-state index is 13.0. The lowest BCUT2D eigenvalue weighted by molar-refractivity contribution is 0.127. The molecule has 0 saturated heterocycles. The number of methoxy groups -OCH3 is 1. The number of ether oxygens (including phenoxy) is 2. The van der Waals surface area contributed by atoms with Crippen molar-refractivity contribution in [2.75, 3.05) is 7.11 Å². The minimum atomic E-state index is -0.341. The molecule has 0 fully saturated rings. The zero-order valence-electron chi connectivity index (χ0n) is 17.1. The molecule has 0 aliphatic rings. The van der Waals surface area contributed by atoms with Gasteiger partial charge < -0.3 is 24.5 Å². The Morgan fingerprint density at radius 1 is 1.03 bits per heavy atom. The molecule has 8 nitrogen and oxygen atoms in total. The van der Waals surface area contributed by atoms with Crippen LogP contribution in [-0.2, 0) is 11.4 Å². The first-order chi connectivity index (χ1) is 15.6. The van der Waals surface area contributed by atoms with Gasteiger partial charge in [0.25, 0.3) is 0 Å². The molecule has 0 unspecified atom stereocenters. The van der Waals surface area contributed by atoms with Crippen LogP contribution in [0.5, 0.6) is 17.4 Å². The molecular formula is C23H19FN4O4. The summed E-state index contributed by atoms with van der Waals surface area (Å²) in [4.78, 5) is 13.8. The molecule has 2 N–H and O–H groups in total. The Balaban J connectivity index is 1.32. The zero-order valence-corrected chi connectivity index (χ0v) is 17.1. The molecule has 0 amide bonds. The quantitative estimate of drug-likeness (QED) is 0.247. The van der Waals surface area contributed by atoms with Gasteiger partial charge in [-0.25, -0.2) is 14.4 Å². The lowest BCUT2D eigenvalue weighted by Crippen LogP contribution is -2.14. The molecule has 0 radical (unpaired) electrons. The molecule has 9 heteroatoms. The van der Waals surface area contributed by atoms with Gasteiger partial charge in [-0.3, -0.25) is 0 Å². The number of amidine groups is 1. The van der Waals surface area contributed by atoms with E-state index in [0.29, 0.717) is 28.8 Å². The maximum Gasteiger partial charge on any atom is 0.226 e. The number of pyridine rings is 1. The molecule has 0 saturated carbocycles. The third kappa shape index (κ3) is 5.20. The van der Waals surface area contributed by atoms with Gasteiger partial charge in [-0.1, -0.05) is 5.16 Å². The molecule has 0 aliphatic carbocycles. The highest BCUT2D eigenvalue weighted by atomic mass is 19.1. The molecule has 0 atom stereocenters.